The van der Waals surface area contributed by atoms with Gasteiger partial charge in [-0.05, 0) is 12.1 Å². The molecule has 3 heteroatoms. The topological polar surface area (TPSA) is 33.1 Å². The molecule has 2 nitrogen and oxygen atoms in total. The van der Waals surface area contributed by atoms with Crippen LogP contribution in [0.2, 0.25) is 5.15 Å². The van der Waals surface area contributed by atoms with Crippen molar-refractivity contribution in [3.05, 3.63) is 29.0 Å². The Labute approximate surface area is 76.2 Å². The molecule has 0 aliphatic heterocycles. The van der Waals surface area contributed by atoms with E-state index in [-0.39, 0.29) is 6.61 Å². The molecule has 0 saturated heterocycles. The van der Waals surface area contributed by atoms with Crippen LogP contribution in [0.3, 0.4) is 0 Å². The van der Waals surface area contributed by atoms with Crippen LogP contribution in [0.5, 0.6) is 0 Å². The summed E-state index contributed by atoms with van der Waals surface area (Å²) in [5.41, 5.74) is 0.701. The largest absolute Gasteiger partial charge is 0.395 e. The second kappa shape index (κ2) is 4.76. The Balaban J connectivity index is 2.77. The maximum absolute atomic E-state index is 8.46. The number of hydrogen-bond acceptors (Lipinski definition) is 2. The molecular formula is C9H8ClNO. The number of halogens is 1. The molecule has 0 amide bonds. The third-order valence-electron chi connectivity index (χ3n) is 1.22. The van der Waals surface area contributed by atoms with E-state index < -0.39 is 0 Å². The van der Waals surface area contributed by atoms with Gasteiger partial charge in [0.25, 0.3) is 0 Å². The zero-order valence-corrected chi connectivity index (χ0v) is 7.17. The maximum atomic E-state index is 8.46. The number of aliphatic hydroxyl groups is 1. The molecule has 1 aromatic rings. The molecule has 0 atom stereocenters. The fourth-order valence-electron chi connectivity index (χ4n) is 0.693. The number of aromatic nitrogens is 1. The van der Waals surface area contributed by atoms with Gasteiger partial charge in [0.15, 0.2) is 0 Å². The zero-order valence-electron chi connectivity index (χ0n) is 6.42. The lowest BCUT2D eigenvalue weighted by Crippen LogP contribution is -1.81. The zero-order chi connectivity index (χ0) is 8.81. The molecule has 1 aromatic heterocycles. The highest BCUT2D eigenvalue weighted by atomic mass is 35.5. The van der Waals surface area contributed by atoms with Crippen LogP contribution in [0.25, 0.3) is 0 Å². The van der Waals surface area contributed by atoms with Crippen molar-refractivity contribution in [3.8, 4) is 11.8 Å². The molecule has 0 spiro atoms. The van der Waals surface area contributed by atoms with Gasteiger partial charge in [0, 0.05) is 12.6 Å². The van der Waals surface area contributed by atoms with Crippen molar-refractivity contribution in [2.45, 2.75) is 6.42 Å². The van der Waals surface area contributed by atoms with Gasteiger partial charge in [-0.1, -0.05) is 23.4 Å². The van der Waals surface area contributed by atoms with Crippen LogP contribution in [-0.4, -0.2) is 16.7 Å². The predicted octanol–water partition coefficient (Wildman–Crippen LogP) is 1.47. The first-order valence-electron chi connectivity index (χ1n) is 3.55. The van der Waals surface area contributed by atoms with Crippen molar-refractivity contribution >= 4 is 11.6 Å². The molecule has 0 radical (unpaired) electrons. The van der Waals surface area contributed by atoms with E-state index in [1.54, 1.807) is 18.3 Å². The predicted molar refractivity (Wildman–Crippen MR) is 47.8 cm³/mol. The van der Waals surface area contributed by atoms with Crippen LogP contribution in [0.15, 0.2) is 18.3 Å². The molecule has 1 N–H and O–H groups in total. The summed E-state index contributed by atoms with van der Waals surface area (Å²) in [7, 11) is 0. The molecule has 0 fully saturated rings. The molecule has 0 aromatic carbocycles. The molecule has 0 unspecified atom stereocenters. The van der Waals surface area contributed by atoms with E-state index >= 15 is 0 Å². The van der Waals surface area contributed by atoms with E-state index in [9.17, 15) is 0 Å². The Morgan fingerprint density at radius 3 is 3.08 bits per heavy atom. The minimum absolute atomic E-state index is 0.0743. The Hall–Kier alpha value is -1.04. The second-order valence-electron chi connectivity index (χ2n) is 2.12. The van der Waals surface area contributed by atoms with Crippen LogP contribution in [0, 0.1) is 11.8 Å². The minimum Gasteiger partial charge on any atom is -0.395 e. The number of rotatable bonds is 1. The first-order valence-corrected chi connectivity index (χ1v) is 3.92. The average molecular weight is 182 g/mol. The fourth-order valence-corrected chi connectivity index (χ4v) is 0.859. The number of aliphatic hydroxyl groups excluding tert-OH is 1. The summed E-state index contributed by atoms with van der Waals surface area (Å²) in [5.74, 6) is 5.58. The molecule has 0 aliphatic carbocycles. The molecule has 1 heterocycles. The van der Waals surface area contributed by atoms with Gasteiger partial charge >= 0.3 is 0 Å². The van der Waals surface area contributed by atoms with E-state index in [2.05, 4.69) is 16.8 Å². The maximum Gasteiger partial charge on any atom is 0.144 e. The Bertz CT molecular complexity index is 314. The van der Waals surface area contributed by atoms with Crippen LogP contribution < -0.4 is 0 Å². The van der Waals surface area contributed by atoms with Crippen molar-refractivity contribution < 1.29 is 5.11 Å². The normalized spacial score (nSPS) is 8.83. The van der Waals surface area contributed by atoms with Crippen LogP contribution >= 0.6 is 11.6 Å². The first-order chi connectivity index (χ1) is 5.84. The minimum atomic E-state index is 0.0743. The third-order valence-corrected chi connectivity index (χ3v) is 1.52. The summed E-state index contributed by atoms with van der Waals surface area (Å²) >= 11 is 5.73. The number of nitrogens with zero attached hydrogens (tertiary/aromatic N) is 1. The second-order valence-corrected chi connectivity index (χ2v) is 2.48. The van der Waals surface area contributed by atoms with Crippen LogP contribution in [0.4, 0.5) is 0 Å². The average Bonchev–Trinajstić information content (AvgIpc) is 2.09. The summed E-state index contributed by atoms with van der Waals surface area (Å²) in [5, 5.41) is 8.87. The van der Waals surface area contributed by atoms with Gasteiger partial charge in [0.2, 0.25) is 0 Å². The quantitative estimate of drug-likeness (QED) is 0.526. The number of hydrogen-bond donors (Lipinski definition) is 1. The van der Waals surface area contributed by atoms with E-state index in [1.807, 2.05) is 0 Å². The summed E-state index contributed by atoms with van der Waals surface area (Å²) in [6, 6.07) is 3.56. The van der Waals surface area contributed by atoms with Gasteiger partial charge < -0.3 is 5.11 Å². The third kappa shape index (κ3) is 2.54. The van der Waals surface area contributed by atoms with Gasteiger partial charge in [-0.25, -0.2) is 4.98 Å². The lowest BCUT2D eigenvalue weighted by atomic mass is 10.3. The highest BCUT2D eigenvalue weighted by Gasteiger charge is 1.93. The highest BCUT2D eigenvalue weighted by Crippen LogP contribution is 2.08. The molecule has 0 bridgehead atoms. The van der Waals surface area contributed by atoms with E-state index in [0.717, 1.165) is 0 Å². The lowest BCUT2D eigenvalue weighted by molar-refractivity contribution is 0.305. The van der Waals surface area contributed by atoms with Crippen molar-refractivity contribution in [1.29, 1.82) is 0 Å². The summed E-state index contributed by atoms with van der Waals surface area (Å²) < 4.78 is 0. The Morgan fingerprint density at radius 2 is 2.42 bits per heavy atom. The SMILES string of the molecule is OCCC#Cc1cccnc1Cl. The van der Waals surface area contributed by atoms with E-state index in [0.29, 0.717) is 17.1 Å². The molecular weight excluding hydrogens is 174 g/mol. The molecule has 12 heavy (non-hydrogen) atoms. The van der Waals surface area contributed by atoms with Gasteiger partial charge in [0.05, 0.1) is 12.2 Å². The van der Waals surface area contributed by atoms with E-state index in [4.69, 9.17) is 16.7 Å². The standard InChI is InChI=1S/C9H8ClNO/c10-9-8(4-1-2-7-12)5-3-6-11-9/h3,5-6,12H,2,7H2. The van der Waals surface area contributed by atoms with Crippen LogP contribution in [0.1, 0.15) is 12.0 Å². The fraction of sp³-hybridized carbons (Fsp3) is 0.222. The summed E-state index contributed by atoms with van der Waals surface area (Å²) in [6.07, 6.45) is 2.07. The molecule has 1 rings (SSSR count). The van der Waals surface area contributed by atoms with Gasteiger partial charge in [-0.2, -0.15) is 0 Å². The highest BCUT2D eigenvalue weighted by molar-refractivity contribution is 6.30. The Morgan fingerprint density at radius 1 is 1.58 bits per heavy atom. The lowest BCUT2D eigenvalue weighted by Gasteiger charge is -1.90. The molecule has 0 aliphatic rings. The van der Waals surface area contributed by atoms with Gasteiger partial charge in [-0.3, -0.25) is 0 Å². The number of pyridine rings is 1. The van der Waals surface area contributed by atoms with E-state index in [1.165, 1.54) is 0 Å². The van der Waals surface area contributed by atoms with Crippen molar-refractivity contribution in [3.63, 3.8) is 0 Å². The van der Waals surface area contributed by atoms with Crippen molar-refractivity contribution in [1.82, 2.24) is 4.98 Å². The van der Waals surface area contributed by atoms with Crippen molar-refractivity contribution in [2.24, 2.45) is 0 Å². The molecule has 62 valence electrons. The monoisotopic (exact) mass is 181 g/mol. The Kier molecular flexibility index (Phi) is 3.59. The smallest absolute Gasteiger partial charge is 0.144 e. The van der Waals surface area contributed by atoms with Crippen molar-refractivity contribution in [2.75, 3.05) is 6.61 Å². The van der Waals surface area contributed by atoms with Crippen LogP contribution in [-0.2, 0) is 0 Å². The summed E-state index contributed by atoms with van der Waals surface area (Å²) in [4.78, 5) is 3.86. The van der Waals surface area contributed by atoms with Gasteiger partial charge in [-0.15, -0.1) is 0 Å². The first kappa shape index (κ1) is 9.05. The molecule has 0 saturated carbocycles. The van der Waals surface area contributed by atoms with Gasteiger partial charge in [0.1, 0.15) is 5.15 Å². The summed E-state index contributed by atoms with van der Waals surface area (Å²) in [6.45, 7) is 0.0743.